The van der Waals surface area contributed by atoms with Crippen LogP contribution in [0.25, 0.3) is 0 Å². The second-order valence-electron chi connectivity index (χ2n) is 5.92. The molecule has 3 nitrogen and oxygen atoms in total. The maximum absolute atomic E-state index is 8.82. The maximum atomic E-state index is 8.82. The Morgan fingerprint density at radius 2 is 1.82 bits per heavy atom. The molecular weight excluding hydrogens is 212 g/mol. The number of aliphatic hydroxyl groups excluding tert-OH is 1. The Morgan fingerprint density at radius 1 is 1.18 bits per heavy atom. The van der Waals surface area contributed by atoms with Gasteiger partial charge in [-0.05, 0) is 57.8 Å². The molecule has 2 saturated heterocycles. The summed E-state index contributed by atoms with van der Waals surface area (Å²) in [7, 11) is 2.08. The topological polar surface area (TPSA) is 35.5 Å². The molecule has 102 valence electrons. The standard InChI is InChI=1S/C7H15NO.C7H15N/c1-8-5-3-2-4-7(8)6-9;1-6-3-7(2)5-8-4-6/h7,9H,2-6H2,1H3;6-8H,3-5H2,1-2H3. The molecular formula is C14H30N2O. The predicted octanol–water partition coefficient (Wildman–Crippen LogP) is 1.71. The second-order valence-corrected chi connectivity index (χ2v) is 5.92. The molecule has 2 N–H and O–H groups in total. The predicted molar refractivity (Wildman–Crippen MR) is 73.2 cm³/mol. The number of nitrogens with zero attached hydrogens (tertiary/aromatic N) is 1. The van der Waals surface area contributed by atoms with Crippen molar-refractivity contribution < 1.29 is 5.11 Å². The van der Waals surface area contributed by atoms with E-state index in [1.807, 2.05) is 0 Å². The zero-order chi connectivity index (χ0) is 12.7. The summed E-state index contributed by atoms with van der Waals surface area (Å²) in [6.07, 6.45) is 5.17. The van der Waals surface area contributed by atoms with Gasteiger partial charge >= 0.3 is 0 Å². The third kappa shape index (κ3) is 5.84. The molecule has 2 fully saturated rings. The van der Waals surface area contributed by atoms with Crippen molar-refractivity contribution in [1.29, 1.82) is 0 Å². The van der Waals surface area contributed by atoms with Crippen LogP contribution in [-0.4, -0.2) is 49.3 Å². The normalized spacial score (nSPS) is 34.9. The lowest BCUT2D eigenvalue weighted by molar-refractivity contribution is 0.114. The molecule has 2 heterocycles. The molecule has 3 unspecified atom stereocenters. The summed E-state index contributed by atoms with van der Waals surface area (Å²) in [5, 5.41) is 12.2. The fourth-order valence-corrected chi connectivity index (χ4v) is 2.80. The minimum atomic E-state index is 0.330. The highest BCUT2D eigenvalue weighted by molar-refractivity contribution is 4.72. The Kier molecular flexibility index (Phi) is 7.09. The zero-order valence-electron chi connectivity index (χ0n) is 11.8. The smallest absolute Gasteiger partial charge is 0.0586 e. The molecule has 0 bridgehead atoms. The third-order valence-electron chi connectivity index (χ3n) is 3.92. The Morgan fingerprint density at radius 3 is 2.18 bits per heavy atom. The van der Waals surface area contributed by atoms with Gasteiger partial charge in [-0.2, -0.15) is 0 Å². The Bertz CT molecular complexity index is 191. The van der Waals surface area contributed by atoms with Gasteiger partial charge in [-0.15, -0.1) is 0 Å². The number of piperidine rings is 2. The van der Waals surface area contributed by atoms with Crippen LogP contribution in [0.1, 0.15) is 39.5 Å². The van der Waals surface area contributed by atoms with Crippen molar-refractivity contribution in [3.63, 3.8) is 0 Å². The van der Waals surface area contributed by atoms with E-state index in [1.54, 1.807) is 0 Å². The zero-order valence-corrected chi connectivity index (χ0v) is 11.8. The Hall–Kier alpha value is -0.120. The number of likely N-dealkylation sites (tertiary alicyclic amines) is 1. The van der Waals surface area contributed by atoms with Gasteiger partial charge in [0.15, 0.2) is 0 Å². The van der Waals surface area contributed by atoms with Gasteiger partial charge < -0.3 is 15.3 Å². The second kappa shape index (κ2) is 8.06. The van der Waals surface area contributed by atoms with Gasteiger partial charge in [0.1, 0.15) is 0 Å². The van der Waals surface area contributed by atoms with E-state index in [9.17, 15) is 0 Å². The largest absolute Gasteiger partial charge is 0.395 e. The summed E-state index contributed by atoms with van der Waals surface area (Å²) in [5.74, 6) is 1.80. The van der Waals surface area contributed by atoms with Crippen LogP contribution in [-0.2, 0) is 0 Å². The lowest BCUT2D eigenvalue weighted by Crippen LogP contribution is -2.38. The van der Waals surface area contributed by atoms with Crippen LogP contribution in [0.2, 0.25) is 0 Å². The fraction of sp³-hybridized carbons (Fsp3) is 1.00. The van der Waals surface area contributed by atoms with Crippen molar-refractivity contribution in [1.82, 2.24) is 10.2 Å². The molecule has 3 heteroatoms. The fourth-order valence-electron chi connectivity index (χ4n) is 2.80. The van der Waals surface area contributed by atoms with Gasteiger partial charge in [0.2, 0.25) is 0 Å². The van der Waals surface area contributed by atoms with Crippen molar-refractivity contribution in [2.45, 2.75) is 45.6 Å². The molecule has 0 aliphatic carbocycles. The van der Waals surface area contributed by atoms with Crippen molar-refractivity contribution in [3.05, 3.63) is 0 Å². The van der Waals surface area contributed by atoms with Crippen LogP contribution >= 0.6 is 0 Å². The molecule has 3 atom stereocenters. The number of likely N-dealkylation sites (N-methyl/N-ethyl adjacent to an activating group) is 1. The van der Waals surface area contributed by atoms with Crippen molar-refractivity contribution >= 4 is 0 Å². The first kappa shape index (κ1) is 14.9. The van der Waals surface area contributed by atoms with Crippen molar-refractivity contribution in [3.8, 4) is 0 Å². The Labute approximate surface area is 107 Å². The van der Waals surface area contributed by atoms with Crippen molar-refractivity contribution in [2.24, 2.45) is 11.8 Å². The number of nitrogens with one attached hydrogen (secondary N) is 1. The summed E-state index contributed by atoms with van der Waals surface area (Å²) < 4.78 is 0. The van der Waals surface area contributed by atoms with Crippen LogP contribution < -0.4 is 5.32 Å². The van der Waals surface area contributed by atoms with Crippen LogP contribution in [0.3, 0.4) is 0 Å². The molecule has 2 aliphatic rings. The first-order valence-corrected chi connectivity index (χ1v) is 7.15. The molecule has 0 aromatic carbocycles. The maximum Gasteiger partial charge on any atom is 0.0586 e. The summed E-state index contributed by atoms with van der Waals surface area (Å²) in [6, 6.07) is 0.443. The Balaban J connectivity index is 0.000000171. The van der Waals surface area contributed by atoms with E-state index in [1.165, 1.54) is 38.8 Å². The summed E-state index contributed by atoms with van der Waals surface area (Å²) in [5.41, 5.74) is 0. The van der Waals surface area contributed by atoms with Gasteiger partial charge in [-0.1, -0.05) is 20.3 Å². The average molecular weight is 242 g/mol. The summed E-state index contributed by atoms with van der Waals surface area (Å²) >= 11 is 0. The average Bonchev–Trinajstić information content (AvgIpc) is 2.30. The molecule has 0 radical (unpaired) electrons. The van der Waals surface area contributed by atoms with Gasteiger partial charge in [0.25, 0.3) is 0 Å². The minimum absolute atomic E-state index is 0.330. The quantitative estimate of drug-likeness (QED) is 0.735. The summed E-state index contributed by atoms with van der Waals surface area (Å²) in [6.45, 7) is 8.56. The first-order valence-electron chi connectivity index (χ1n) is 7.15. The van der Waals surface area contributed by atoms with Crippen LogP contribution in [0.5, 0.6) is 0 Å². The van der Waals surface area contributed by atoms with Gasteiger partial charge in [-0.25, -0.2) is 0 Å². The van der Waals surface area contributed by atoms with Crippen LogP contribution in [0, 0.1) is 11.8 Å². The number of rotatable bonds is 1. The van der Waals surface area contributed by atoms with E-state index < -0.39 is 0 Å². The first-order chi connectivity index (χ1) is 8.13. The molecule has 0 aromatic rings. The molecule has 0 saturated carbocycles. The lowest BCUT2D eigenvalue weighted by atomic mass is 9.94. The molecule has 2 rings (SSSR count). The molecule has 0 spiro atoms. The molecule has 0 aromatic heterocycles. The number of aliphatic hydroxyl groups is 1. The highest BCUT2D eigenvalue weighted by Gasteiger charge is 2.16. The van der Waals surface area contributed by atoms with E-state index in [-0.39, 0.29) is 0 Å². The van der Waals surface area contributed by atoms with Crippen LogP contribution in [0.4, 0.5) is 0 Å². The number of hydrogen-bond donors (Lipinski definition) is 2. The highest BCUT2D eigenvalue weighted by atomic mass is 16.3. The van der Waals surface area contributed by atoms with Gasteiger partial charge in [-0.3, -0.25) is 0 Å². The van der Waals surface area contributed by atoms with Crippen LogP contribution in [0.15, 0.2) is 0 Å². The highest BCUT2D eigenvalue weighted by Crippen LogP contribution is 2.14. The van der Waals surface area contributed by atoms with Gasteiger partial charge in [0.05, 0.1) is 6.61 Å². The van der Waals surface area contributed by atoms with E-state index in [0.717, 1.165) is 18.4 Å². The molecule has 2 aliphatic heterocycles. The van der Waals surface area contributed by atoms with Gasteiger partial charge in [0, 0.05) is 6.04 Å². The molecule has 0 amide bonds. The SMILES string of the molecule is CC1CNCC(C)C1.CN1CCCCC1CO. The van der Waals surface area contributed by atoms with E-state index in [4.69, 9.17) is 5.11 Å². The van der Waals surface area contributed by atoms with E-state index in [0.29, 0.717) is 12.6 Å². The lowest BCUT2D eigenvalue weighted by Gasteiger charge is -2.30. The minimum Gasteiger partial charge on any atom is -0.395 e. The summed E-state index contributed by atoms with van der Waals surface area (Å²) in [4.78, 5) is 2.24. The van der Waals surface area contributed by atoms with Crippen molar-refractivity contribution in [2.75, 3.05) is 33.3 Å². The number of hydrogen-bond acceptors (Lipinski definition) is 3. The van der Waals surface area contributed by atoms with E-state index in [2.05, 4.69) is 31.1 Å². The third-order valence-corrected chi connectivity index (χ3v) is 3.92. The van der Waals surface area contributed by atoms with E-state index >= 15 is 0 Å². The molecule has 17 heavy (non-hydrogen) atoms. The monoisotopic (exact) mass is 242 g/mol.